The summed E-state index contributed by atoms with van der Waals surface area (Å²) < 4.78 is 2.46. The number of aromatic nitrogens is 5. The number of fused-ring (bicyclic) bond motifs is 2. The average Bonchev–Trinajstić information content (AvgIpc) is 3.45. The highest BCUT2D eigenvalue weighted by atomic mass is 79.9. The first-order valence-electron chi connectivity index (χ1n) is 12.3. The molecule has 1 aromatic carbocycles. The van der Waals surface area contributed by atoms with Crippen molar-refractivity contribution in [2.45, 2.75) is 45.2 Å². The van der Waals surface area contributed by atoms with Crippen molar-refractivity contribution in [1.29, 1.82) is 5.26 Å². The quantitative estimate of drug-likeness (QED) is 0.276. The number of nitrogens with one attached hydrogen (secondary N) is 3. The maximum Gasteiger partial charge on any atom is 0.225 e. The minimum atomic E-state index is -0.391. The Kier molecular flexibility index (Phi) is 7.04. The van der Waals surface area contributed by atoms with Gasteiger partial charge in [-0.2, -0.15) is 15.3 Å². The second-order valence-corrected chi connectivity index (χ2v) is 10.4. The number of carbonyl (C=O) groups excluding carboxylic acids is 1. The Hall–Kier alpha value is -3.62. The Balaban J connectivity index is 1.48. The van der Waals surface area contributed by atoms with Gasteiger partial charge >= 0.3 is 0 Å². The van der Waals surface area contributed by atoms with Gasteiger partial charge in [0.2, 0.25) is 11.9 Å². The molecule has 0 saturated heterocycles. The van der Waals surface area contributed by atoms with Crippen LogP contribution in [0.3, 0.4) is 0 Å². The summed E-state index contributed by atoms with van der Waals surface area (Å²) in [5.74, 6) is 0.576. The van der Waals surface area contributed by atoms with Gasteiger partial charge in [-0.1, -0.05) is 13.0 Å². The van der Waals surface area contributed by atoms with Gasteiger partial charge in [0.25, 0.3) is 0 Å². The van der Waals surface area contributed by atoms with Crippen LogP contribution in [0, 0.1) is 16.7 Å². The lowest BCUT2D eigenvalue weighted by Gasteiger charge is -2.22. The summed E-state index contributed by atoms with van der Waals surface area (Å²) in [6.07, 6.45) is 6.39. The normalized spacial score (nSPS) is 19.2. The Labute approximate surface area is 223 Å². The van der Waals surface area contributed by atoms with Crippen LogP contribution in [0.25, 0.3) is 27.6 Å². The molecular weight excluding hydrogens is 534 g/mol. The summed E-state index contributed by atoms with van der Waals surface area (Å²) in [4.78, 5) is 26.2. The highest BCUT2D eigenvalue weighted by Crippen LogP contribution is 2.39. The molecule has 3 aromatic heterocycles. The van der Waals surface area contributed by atoms with Crippen LogP contribution in [0.4, 0.5) is 5.95 Å². The van der Waals surface area contributed by atoms with Crippen LogP contribution in [-0.2, 0) is 11.3 Å². The lowest BCUT2D eigenvalue weighted by Crippen LogP contribution is -2.35. The first-order valence-corrected chi connectivity index (χ1v) is 13.1. The highest BCUT2D eigenvalue weighted by molar-refractivity contribution is 9.10. The second-order valence-electron chi connectivity index (χ2n) is 9.62. The van der Waals surface area contributed by atoms with Crippen LogP contribution in [-0.4, -0.2) is 50.3 Å². The predicted octanol–water partition coefficient (Wildman–Crippen LogP) is 3.85. The minimum Gasteiger partial charge on any atom is -0.359 e. The number of anilines is 1. The fourth-order valence-electron chi connectivity index (χ4n) is 5.05. The molecule has 1 saturated carbocycles. The van der Waals surface area contributed by atoms with Crippen LogP contribution in [0.1, 0.15) is 38.2 Å². The van der Waals surface area contributed by atoms with E-state index < -0.39 is 5.41 Å². The summed E-state index contributed by atoms with van der Waals surface area (Å²) in [6.45, 7) is 3.19. The van der Waals surface area contributed by atoms with Crippen molar-refractivity contribution in [1.82, 2.24) is 35.4 Å². The van der Waals surface area contributed by atoms with Gasteiger partial charge < -0.3 is 16.0 Å². The molecule has 0 spiro atoms. The largest absolute Gasteiger partial charge is 0.359 e. The van der Waals surface area contributed by atoms with Crippen LogP contribution in [0.15, 0.2) is 41.3 Å². The Morgan fingerprint density at radius 1 is 1.35 bits per heavy atom. The van der Waals surface area contributed by atoms with Crippen LogP contribution in [0.2, 0.25) is 0 Å². The first kappa shape index (κ1) is 25.0. The molecule has 11 heteroatoms. The monoisotopic (exact) mass is 561 g/mol. The number of benzene rings is 1. The molecule has 1 aliphatic carbocycles. The molecule has 0 radical (unpaired) electrons. The summed E-state index contributed by atoms with van der Waals surface area (Å²) >= 11 is 3.56. The van der Waals surface area contributed by atoms with Gasteiger partial charge in [-0.25, -0.2) is 9.67 Å². The van der Waals surface area contributed by atoms with E-state index in [9.17, 15) is 4.79 Å². The number of nitrogens with zero attached hydrogens (tertiary/aromatic N) is 6. The predicted molar refractivity (Wildman–Crippen MR) is 145 cm³/mol. The molecule has 0 bridgehead atoms. The van der Waals surface area contributed by atoms with E-state index in [0.29, 0.717) is 35.7 Å². The molecule has 0 aliphatic heterocycles. The number of pyridine rings is 1. The fourth-order valence-corrected chi connectivity index (χ4v) is 5.49. The van der Waals surface area contributed by atoms with Gasteiger partial charge in [0, 0.05) is 55.8 Å². The van der Waals surface area contributed by atoms with Crippen molar-refractivity contribution in [3.05, 3.63) is 46.8 Å². The van der Waals surface area contributed by atoms with E-state index in [0.717, 1.165) is 46.8 Å². The van der Waals surface area contributed by atoms with Gasteiger partial charge in [-0.15, -0.1) is 0 Å². The van der Waals surface area contributed by atoms with E-state index in [1.54, 1.807) is 24.1 Å². The lowest BCUT2D eigenvalue weighted by molar-refractivity contribution is -0.129. The van der Waals surface area contributed by atoms with E-state index in [1.807, 2.05) is 25.1 Å². The highest BCUT2D eigenvalue weighted by Gasteiger charge is 2.41. The molecule has 10 nitrogen and oxygen atoms in total. The van der Waals surface area contributed by atoms with E-state index >= 15 is 0 Å². The van der Waals surface area contributed by atoms with Gasteiger partial charge in [0.1, 0.15) is 4.60 Å². The van der Waals surface area contributed by atoms with Crippen LogP contribution >= 0.6 is 15.9 Å². The van der Waals surface area contributed by atoms with Crippen LogP contribution in [0.5, 0.6) is 0 Å². The third-order valence-electron chi connectivity index (χ3n) is 6.97. The van der Waals surface area contributed by atoms with Gasteiger partial charge in [-0.3, -0.25) is 9.78 Å². The Morgan fingerprint density at radius 3 is 3.03 bits per heavy atom. The third-order valence-corrected chi connectivity index (χ3v) is 7.56. The second kappa shape index (κ2) is 10.4. The van der Waals surface area contributed by atoms with Crippen molar-refractivity contribution in [3.63, 3.8) is 0 Å². The van der Waals surface area contributed by atoms with E-state index in [2.05, 4.69) is 54.0 Å². The van der Waals surface area contributed by atoms with Gasteiger partial charge in [-0.05, 0) is 59.0 Å². The molecule has 0 unspecified atom stereocenters. The molecule has 3 N–H and O–H groups in total. The zero-order chi connectivity index (χ0) is 26.0. The number of halogens is 1. The minimum absolute atomic E-state index is 0.0684. The summed E-state index contributed by atoms with van der Waals surface area (Å²) in [5, 5.41) is 24.9. The number of nitriles is 1. The standard InChI is InChI=1S/C26H28BrN9O/c1-26(24(37)29-2)7-6-18(13-26)33-25-32-15-20-22(27)35-36(23(20)34-25)19-11-16-5-3-10-31-21(16)17(12-19)14-30-9-4-8-28/h3,5,10-12,15,18,30H,4,6-7,9,13-14H2,1-2H3,(H,29,37)(H,32,33,34)/t18-,26-/m1/s1. The van der Waals surface area contributed by atoms with E-state index in [4.69, 9.17) is 15.3 Å². The molecule has 5 rings (SSSR count). The van der Waals surface area contributed by atoms with Crippen molar-refractivity contribution < 1.29 is 4.79 Å². The molecule has 3 heterocycles. The SMILES string of the molecule is CNC(=O)[C@]1(C)CC[C@@H](Nc2ncc3c(Br)nn(-c4cc(CNCCC#N)c5ncccc5c4)c3n2)C1. The Bertz CT molecular complexity index is 1510. The molecule has 37 heavy (non-hydrogen) atoms. The number of hydrogen-bond donors (Lipinski definition) is 3. The van der Waals surface area contributed by atoms with Crippen molar-refractivity contribution >= 4 is 49.7 Å². The molecular formula is C26H28BrN9O. The zero-order valence-electron chi connectivity index (χ0n) is 20.8. The smallest absolute Gasteiger partial charge is 0.225 e. The van der Waals surface area contributed by atoms with Crippen LogP contribution < -0.4 is 16.0 Å². The topological polar surface area (TPSA) is 133 Å². The van der Waals surface area contributed by atoms with Crippen molar-refractivity contribution in [3.8, 4) is 11.8 Å². The van der Waals surface area contributed by atoms with Crippen molar-refractivity contribution in [2.75, 3.05) is 18.9 Å². The maximum atomic E-state index is 12.3. The zero-order valence-corrected chi connectivity index (χ0v) is 22.3. The number of carbonyl (C=O) groups is 1. The summed E-state index contributed by atoms with van der Waals surface area (Å²) in [7, 11) is 1.68. The third kappa shape index (κ3) is 4.99. The van der Waals surface area contributed by atoms with E-state index in [1.165, 1.54) is 0 Å². The van der Waals surface area contributed by atoms with Gasteiger partial charge in [0.05, 0.1) is 22.7 Å². The van der Waals surface area contributed by atoms with Crippen molar-refractivity contribution in [2.24, 2.45) is 5.41 Å². The summed E-state index contributed by atoms with van der Waals surface area (Å²) in [5.41, 5.74) is 3.05. The molecule has 190 valence electrons. The molecule has 1 fully saturated rings. The molecule has 4 aromatic rings. The van der Waals surface area contributed by atoms with E-state index in [-0.39, 0.29) is 11.9 Å². The molecule has 1 aliphatic rings. The summed E-state index contributed by atoms with van der Waals surface area (Å²) in [6, 6.07) is 10.3. The fraction of sp³-hybridized carbons (Fsp3) is 0.385. The lowest BCUT2D eigenvalue weighted by atomic mass is 9.87. The molecule has 2 atom stereocenters. The van der Waals surface area contributed by atoms with Gasteiger partial charge in [0.15, 0.2) is 5.65 Å². The number of hydrogen-bond acceptors (Lipinski definition) is 8. The Morgan fingerprint density at radius 2 is 2.22 bits per heavy atom. The first-order chi connectivity index (χ1) is 17.9. The number of rotatable bonds is 8. The number of amides is 1. The molecule has 1 amide bonds. The maximum absolute atomic E-state index is 12.3. The average molecular weight is 562 g/mol.